The molecule has 0 aliphatic heterocycles. The summed E-state index contributed by atoms with van der Waals surface area (Å²) < 4.78 is 1.53. The average molecular weight is 398 g/mol. The number of rotatable bonds is 5. The summed E-state index contributed by atoms with van der Waals surface area (Å²) in [5, 5.41) is 12.2. The molecule has 0 spiro atoms. The fourth-order valence-electron chi connectivity index (χ4n) is 3.43. The Morgan fingerprint density at radius 3 is 2.90 bits per heavy atom. The molecule has 0 saturated carbocycles. The van der Waals surface area contributed by atoms with Crippen LogP contribution in [0, 0.1) is 0 Å². The fourth-order valence-corrected chi connectivity index (χ4v) is 3.43. The van der Waals surface area contributed by atoms with Gasteiger partial charge in [-0.15, -0.1) is 5.10 Å². The van der Waals surface area contributed by atoms with Gasteiger partial charge in [-0.25, -0.2) is 9.97 Å². The Kier molecular flexibility index (Phi) is 4.32. The lowest BCUT2D eigenvalue weighted by Gasteiger charge is -2.08. The van der Waals surface area contributed by atoms with Crippen molar-refractivity contribution in [2.75, 3.05) is 12.3 Å². The summed E-state index contributed by atoms with van der Waals surface area (Å²) in [6, 6.07) is 15.5. The van der Waals surface area contributed by atoms with Crippen LogP contribution in [0.4, 0.5) is 5.82 Å². The van der Waals surface area contributed by atoms with E-state index < -0.39 is 0 Å². The third kappa shape index (κ3) is 3.12. The number of hydrogen-bond donors (Lipinski definition) is 3. The molecule has 0 unspecified atom stereocenters. The number of para-hydroxylation sites is 2. The average Bonchev–Trinajstić information content (AvgIpc) is 3.39. The molecule has 9 nitrogen and oxygen atoms in total. The standard InChI is InChI=1S/C21H18N8O/c22-20-19(21(30)23-10-9-13-11-24-15-6-2-1-5-14(13)15)26-18(12-25-20)29-17-8-4-3-7-16(17)27-28-29/h1-8,11-12,24H,9-10H2,(H2,22,25)(H,23,30). The maximum absolute atomic E-state index is 12.7. The second kappa shape index (κ2) is 7.28. The van der Waals surface area contributed by atoms with E-state index in [2.05, 4.69) is 36.6 Å². The van der Waals surface area contributed by atoms with Crippen LogP contribution in [0.2, 0.25) is 0 Å². The van der Waals surface area contributed by atoms with Gasteiger partial charge in [0.2, 0.25) is 0 Å². The number of carbonyl (C=O) groups is 1. The number of benzene rings is 2. The van der Waals surface area contributed by atoms with Crippen molar-refractivity contribution in [3.05, 3.63) is 72.2 Å². The summed E-state index contributed by atoms with van der Waals surface area (Å²) in [5.74, 6) is 0.0542. The first kappa shape index (κ1) is 17.8. The number of H-pyrrole nitrogens is 1. The van der Waals surface area contributed by atoms with Crippen molar-refractivity contribution in [2.45, 2.75) is 6.42 Å². The molecule has 0 atom stereocenters. The van der Waals surface area contributed by atoms with Crippen molar-refractivity contribution in [3.8, 4) is 5.82 Å². The molecule has 1 amide bonds. The van der Waals surface area contributed by atoms with Gasteiger partial charge >= 0.3 is 0 Å². The van der Waals surface area contributed by atoms with Crippen LogP contribution in [0.1, 0.15) is 16.1 Å². The number of nitrogen functional groups attached to an aromatic ring is 1. The summed E-state index contributed by atoms with van der Waals surface area (Å²) in [6.07, 6.45) is 4.11. The van der Waals surface area contributed by atoms with Crippen LogP contribution in [-0.4, -0.2) is 42.4 Å². The second-order valence-corrected chi connectivity index (χ2v) is 6.82. The van der Waals surface area contributed by atoms with Crippen LogP contribution in [-0.2, 0) is 6.42 Å². The molecule has 0 aliphatic rings. The van der Waals surface area contributed by atoms with Gasteiger partial charge in [0.15, 0.2) is 17.3 Å². The Hall–Kier alpha value is -4.27. The predicted octanol–water partition coefficient (Wildman–Crippen LogP) is 2.25. The summed E-state index contributed by atoms with van der Waals surface area (Å²) in [6.45, 7) is 0.443. The summed E-state index contributed by atoms with van der Waals surface area (Å²) in [7, 11) is 0. The minimum absolute atomic E-state index is 0.0611. The van der Waals surface area contributed by atoms with Crippen molar-refractivity contribution < 1.29 is 4.79 Å². The van der Waals surface area contributed by atoms with E-state index in [1.165, 1.54) is 10.9 Å². The van der Waals surface area contributed by atoms with Gasteiger partial charge in [0, 0.05) is 23.6 Å². The van der Waals surface area contributed by atoms with Crippen molar-refractivity contribution in [1.29, 1.82) is 0 Å². The van der Waals surface area contributed by atoms with Gasteiger partial charge in [-0.3, -0.25) is 4.79 Å². The number of aromatic amines is 1. The highest BCUT2D eigenvalue weighted by atomic mass is 16.1. The Labute approximate surface area is 170 Å². The molecule has 4 N–H and O–H groups in total. The Bertz CT molecular complexity index is 1370. The topological polar surface area (TPSA) is 127 Å². The van der Waals surface area contributed by atoms with E-state index >= 15 is 0 Å². The van der Waals surface area contributed by atoms with Crippen LogP contribution in [0.25, 0.3) is 27.8 Å². The third-order valence-electron chi connectivity index (χ3n) is 4.93. The molecule has 2 aromatic carbocycles. The van der Waals surface area contributed by atoms with E-state index in [1.54, 1.807) is 0 Å². The number of hydrogen-bond acceptors (Lipinski definition) is 6. The highest BCUT2D eigenvalue weighted by Crippen LogP contribution is 2.18. The lowest BCUT2D eigenvalue weighted by Crippen LogP contribution is -2.28. The first-order chi connectivity index (χ1) is 14.7. The first-order valence-electron chi connectivity index (χ1n) is 9.47. The van der Waals surface area contributed by atoms with Crippen LogP contribution in [0.15, 0.2) is 60.9 Å². The highest BCUT2D eigenvalue weighted by Gasteiger charge is 2.16. The number of anilines is 1. The van der Waals surface area contributed by atoms with Crippen LogP contribution < -0.4 is 11.1 Å². The van der Waals surface area contributed by atoms with Crippen LogP contribution in [0.5, 0.6) is 0 Å². The molecule has 148 valence electrons. The van der Waals surface area contributed by atoms with Crippen LogP contribution in [0.3, 0.4) is 0 Å². The molecular weight excluding hydrogens is 380 g/mol. The number of nitrogens with one attached hydrogen (secondary N) is 2. The van der Waals surface area contributed by atoms with E-state index in [9.17, 15) is 4.79 Å². The molecule has 0 radical (unpaired) electrons. The molecule has 3 aromatic heterocycles. The lowest BCUT2D eigenvalue weighted by atomic mass is 10.1. The SMILES string of the molecule is Nc1ncc(-n2nnc3ccccc32)nc1C(=O)NCCc1c[nH]c2ccccc12. The fraction of sp³-hybridized carbons (Fsp3) is 0.0952. The monoisotopic (exact) mass is 398 g/mol. The Morgan fingerprint density at radius 1 is 1.13 bits per heavy atom. The number of nitrogens with zero attached hydrogens (tertiary/aromatic N) is 5. The number of carbonyl (C=O) groups excluding carboxylic acids is 1. The molecule has 0 fully saturated rings. The molecular formula is C21H18N8O. The van der Waals surface area contributed by atoms with Gasteiger partial charge in [-0.2, -0.15) is 4.68 Å². The molecule has 0 bridgehead atoms. The lowest BCUT2D eigenvalue weighted by molar-refractivity contribution is 0.0949. The van der Waals surface area contributed by atoms with Gasteiger partial charge < -0.3 is 16.0 Å². The molecule has 5 aromatic rings. The largest absolute Gasteiger partial charge is 0.382 e. The summed E-state index contributed by atoms with van der Waals surface area (Å²) in [5.41, 5.74) is 9.67. The molecule has 0 aliphatic carbocycles. The zero-order valence-electron chi connectivity index (χ0n) is 15.9. The van der Waals surface area contributed by atoms with Crippen molar-refractivity contribution >= 4 is 33.7 Å². The molecule has 9 heteroatoms. The van der Waals surface area contributed by atoms with E-state index in [0.29, 0.717) is 18.8 Å². The number of fused-ring (bicyclic) bond motifs is 2. The van der Waals surface area contributed by atoms with Gasteiger partial charge in [0.25, 0.3) is 5.91 Å². The smallest absolute Gasteiger partial charge is 0.273 e. The zero-order chi connectivity index (χ0) is 20.5. The Morgan fingerprint density at radius 2 is 1.97 bits per heavy atom. The van der Waals surface area contributed by atoms with E-state index in [-0.39, 0.29) is 17.4 Å². The quantitative estimate of drug-likeness (QED) is 0.417. The number of aromatic nitrogens is 6. The molecule has 30 heavy (non-hydrogen) atoms. The minimum Gasteiger partial charge on any atom is -0.382 e. The minimum atomic E-state index is -0.383. The predicted molar refractivity (Wildman–Crippen MR) is 113 cm³/mol. The normalized spacial score (nSPS) is 11.2. The van der Waals surface area contributed by atoms with Gasteiger partial charge in [0.05, 0.1) is 11.7 Å². The number of nitrogens with two attached hydrogens (primary N) is 1. The summed E-state index contributed by atoms with van der Waals surface area (Å²) in [4.78, 5) is 24.4. The maximum atomic E-state index is 12.7. The van der Waals surface area contributed by atoms with Gasteiger partial charge in [-0.05, 0) is 30.2 Å². The maximum Gasteiger partial charge on any atom is 0.273 e. The number of amides is 1. The first-order valence-corrected chi connectivity index (χ1v) is 9.47. The van der Waals surface area contributed by atoms with Gasteiger partial charge in [-0.1, -0.05) is 35.5 Å². The van der Waals surface area contributed by atoms with Crippen molar-refractivity contribution in [1.82, 2.24) is 35.3 Å². The Balaban J connectivity index is 1.35. The molecule has 5 rings (SSSR count). The highest BCUT2D eigenvalue weighted by molar-refractivity contribution is 5.96. The molecule has 3 heterocycles. The van der Waals surface area contributed by atoms with Gasteiger partial charge in [0.1, 0.15) is 5.52 Å². The van der Waals surface area contributed by atoms with Crippen molar-refractivity contribution in [3.63, 3.8) is 0 Å². The zero-order valence-corrected chi connectivity index (χ0v) is 15.9. The van der Waals surface area contributed by atoms with E-state index in [1.807, 2.05) is 48.7 Å². The molecule has 0 saturated heterocycles. The van der Waals surface area contributed by atoms with E-state index in [0.717, 1.165) is 27.5 Å². The third-order valence-corrected chi connectivity index (χ3v) is 4.93. The van der Waals surface area contributed by atoms with Crippen molar-refractivity contribution in [2.24, 2.45) is 0 Å². The summed E-state index contributed by atoms with van der Waals surface area (Å²) >= 11 is 0. The second-order valence-electron chi connectivity index (χ2n) is 6.82. The van der Waals surface area contributed by atoms with Crippen LogP contribution >= 0.6 is 0 Å². The van der Waals surface area contributed by atoms with E-state index in [4.69, 9.17) is 5.73 Å².